The second-order valence-electron chi connectivity index (χ2n) is 6.92. The normalized spacial score (nSPS) is 24.6. The SMILES string of the molecule is Brc1cc(CN2CCC(N3CCNCC3)C2)cc2c1OCCCO2.Cl. The molecule has 1 atom stereocenters. The molecular weight excluding hydrogens is 406 g/mol. The van der Waals surface area contributed by atoms with Gasteiger partial charge in [-0.2, -0.15) is 0 Å². The van der Waals surface area contributed by atoms with Crippen molar-refractivity contribution in [3.05, 3.63) is 22.2 Å². The fourth-order valence-electron chi connectivity index (χ4n) is 3.93. The van der Waals surface area contributed by atoms with Crippen LogP contribution < -0.4 is 14.8 Å². The van der Waals surface area contributed by atoms with Crippen molar-refractivity contribution in [3.63, 3.8) is 0 Å². The van der Waals surface area contributed by atoms with E-state index < -0.39 is 0 Å². The molecule has 3 aliphatic rings. The lowest BCUT2D eigenvalue weighted by Gasteiger charge is -2.32. The van der Waals surface area contributed by atoms with Gasteiger partial charge in [0, 0.05) is 58.3 Å². The largest absolute Gasteiger partial charge is 0.490 e. The van der Waals surface area contributed by atoms with Gasteiger partial charge in [-0.3, -0.25) is 9.80 Å². The van der Waals surface area contributed by atoms with Gasteiger partial charge in [-0.25, -0.2) is 0 Å². The molecule has 3 aliphatic heterocycles. The minimum atomic E-state index is 0. The summed E-state index contributed by atoms with van der Waals surface area (Å²) in [6.45, 7) is 9.44. The number of hydrogen-bond donors (Lipinski definition) is 1. The average Bonchev–Trinajstić information content (AvgIpc) is 2.92. The van der Waals surface area contributed by atoms with E-state index >= 15 is 0 Å². The van der Waals surface area contributed by atoms with Crippen LogP contribution in [0.25, 0.3) is 0 Å². The molecule has 0 saturated carbocycles. The third-order valence-electron chi connectivity index (χ3n) is 5.18. The van der Waals surface area contributed by atoms with Crippen molar-refractivity contribution < 1.29 is 9.47 Å². The van der Waals surface area contributed by atoms with Gasteiger partial charge in [-0.05, 0) is 40.0 Å². The van der Waals surface area contributed by atoms with Crippen LogP contribution in [-0.4, -0.2) is 68.3 Å². The number of nitrogens with zero attached hydrogens (tertiary/aromatic N) is 2. The Labute approximate surface area is 164 Å². The molecule has 2 fully saturated rings. The van der Waals surface area contributed by atoms with Crippen molar-refractivity contribution in [2.45, 2.75) is 25.4 Å². The van der Waals surface area contributed by atoms with Gasteiger partial charge in [0.2, 0.25) is 0 Å². The Morgan fingerprint density at radius 2 is 1.92 bits per heavy atom. The summed E-state index contributed by atoms with van der Waals surface area (Å²) in [6, 6.07) is 5.06. The summed E-state index contributed by atoms with van der Waals surface area (Å²) in [5.74, 6) is 1.74. The van der Waals surface area contributed by atoms with Gasteiger partial charge < -0.3 is 14.8 Å². The number of benzene rings is 1. The fraction of sp³-hybridized carbons (Fsp3) is 0.667. The maximum Gasteiger partial charge on any atom is 0.175 e. The van der Waals surface area contributed by atoms with Gasteiger partial charge in [-0.1, -0.05) is 0 Å². The number of ether oxygens (including phenoxy) is 2. The minimum absolute atomic E-state index is 0. The molecule has 1 N–H and O–H groups in total. The Kier molecular flexibility index (Phi) is 6.86. The highest BCUT2D eigenvalue weighted by Gasteiger charge is 2.28. The molecule has 0 aliphatic carbocycles. The number of nitrogens with one attached hydrogen (secondary N) is 1. The maximum atomic E-state index is 5.86. The highest BCUT2D eigenvalue weighted by Crippen LogP contribution is 2.38. The molecular formula is C18H27BrClN3O2. The van der Waals surface area contributed by atoms with Crippen LogP contribution in [0.2, 0.25) is 0 Å². The second kappa shape index (κ2) is 8.91. The molecule has 5 nitrogen and oxygen atoms in total. The van der Waals surface area contributed by atoms with Crippen LogP contribution >= 0.6 is 28.3 Å². The van der Waals surface area contributed by atoms with E-state index in [1.165, 1.54) is 38.2 Å². The van der Waals surface area contributed by atoms with Gasteiger partial charge in [0.05, 0.1) is 17.7 Å². The quantitative estimate of drug-likeness (QED) is 0.794. The first-order valence-corrected chi connectivity index (χ1v) is 9.84. The zero-order valence-electron chi connectivity index (χ0n) is 14.5. The van der Waals surface area contributed by atoms with Crippen LogP contribution in [0.5, 0.6) is 11.5 Å². The topological polar surface area (TPSA) is 37.0 Å². The first-order chi connectivity index (χ1) is 11.8. The predicted molar refractivity (Wildman–Crippen MR) is 105 cm³/mol. The summed E-state index contributed by atoms with van der Waals surface area (Å²) < 4.78 is 12.7. The molecule has 4 rings (SSSR count). The summed E-state index contributed by atoms with van der Waals surface area (Å²) in [7, 11) is 0. The first kappa shape index (κ1) is 19.2. The van der Waals surface area contributed by atoms with E-state index in [2.05, 4.69) is 43.2 Å². The minimum Gasteiger partial charge on any atom is -0.490 e. The third-order valence-corrected chi connectivity index (χ3v) is 5.77. The van der Waals surface area contributed by atoms with Gasteiger partial charge >= 0.3 is 0 Å². The molecule has 1 aromatic rings. The van der Waals surface area contributed by atoms with Gasteiger partial charge in [0.25, 0.3) is 0 Å². The number of likely N-dealkylation sites (tertiary alicyclic amines) is 1. The first-order valence-electron chi connectivity index (χ1n) is 9.05. The number of fused-ring (bicyclic) bond motifs is 1. The van der Waals surface area contributed by atoms with Crippen molar-refractivity contribution in [2.24, 2.45) is 0 Å². The van der Waals surface area contributed by atoms with E-state index in [-0.39, 0.29) is 12.4 Å². The van der Waals surface area contributed by atoms with E-state index in [1.54, 1.807) is 0 Å². The van der Waals surface area contributed by atoms with E-state index in [0.717, 1.165) is 61.3 Å². The van der Waals surface area contributed by atoms with Crippen LogP contribution in [-0.2, 0) is 6.54 Å². The van der Waals surface area contributed by atoms with Crippen molar-refractivity contribution in [2.75, 3.05) is 52.5 Å². The Bertz CT molecular complexity index is 584. The lowest BCUT2D eigenvalue weighted by atomic mass is 10.2. The summed E-state index contributed by atoms with van der Waals surface area (Å²) >= 11 is 3.65. The van der Waals surface area contributed by atoms with E-state index in [9.17, 15) is 0 Å². The number of halogens is 2. The number of hydrogen-bond acceptors (Lipinski definition) is 5. The zero-order chi connectivity index (χ0) is 16.4. The van der Waals surface area contributed by atoms with E-state index in [1.807, 2.05) is 0 Å². The molecule has 140 valence electrons. The van der Waals surface area contributed by atoms with Crippen molar-refractivity contribution in [1.29, 1.82) is 0 Å². The van der Waals surface area contributed by atoms with Gasteiger partial charge in [-0.15, -0.1) is 12.4 Å². The van der Waals surface area contributed by atoms with Crippen LogP contribution in [0.15, 0.2) is 16.6 Å². The molecule has 0 radical (unpaired) electrons. The molecule has 0 bridgehead atoms. The molecule has 3 heterocycles. The fourth-order valence-corrected chi connectivity index (χ4v) is 4.54. The third kappa shape index (κ3) is 4.61. The van der Waals surface area contributed by atoms with Crippen molar-refractivity contribution >= 4 is 28.3 Å². The standard InChI is InChI=1S/C18H26BrN3O2.ClH/c19-16-10-14(11-17-18(16)24-9-1-8-23-17)12-21-5-2-15(13-21)22-6-3-20-4-7-22;/h10-11,15,20H,1-9,12-13H2;1H. The highest BCUT2D eigenvalue weighted by atomic mass is 79.9. The predicted octanol–water partition coefficient (Wildman–Crippen LogP) is 2.51. The van der Waals surface area contributed by atoms with Crippen LogP contribution in [0, 0.1) is 0 Å². The number of piperazine rings is 1. The average molecular weight is 433 g/mol. The van der Waals surface area contributed by atoms with Gasteiger partial charge in [0.1, 0.15) is 0 Å². The Balaban J connectivity index is 0.00000182. The maximum absolute atomic E-state index is 5.86. The van der Waals surface area contributed by atoms with Crippen LogP contribution in [0.1, 0.15) is 18.4 Å². The summed E-state index contributed by atoms with van der Waals surface area (Å²) in [4.78, 5) is 5.22. The highest BCUT2D eigenvalue weighted by molar-refractivity contribution is 9.10. The summed E-state index contributed by atoms with van der Waals surface area (Å²) in [6.07, 6.45) is 2.22. The molecule has 0 aromatic heterocycles. The van der Waals surface area contributed by atoms with E-state index in [4.69, 9.17) is 9.47 Å². The lowest BCUT2D eigenvalue weighted by Crippen LogP contribution is -2.49. The van der Waals surface area contributed by atoms with Crippen LogP contribution in [0.4, 0.5) is 0 Å². The summed E-state index contributed by atoms with van der Waals surface area (Å²) in [5, 5.41) is 3.44. The molecule has 1 aromatic carbocycles. The van der Waals surface area contributed by atoms with Crippen molar-refractivity contribution in [3.8, 4) is 11.5 Å². The smallest absolute Gasteiger partial charge is 0.175 e. The van der Waals surface area contributed by atoms with Gasteiger partial charge in [0.15, 0.2) is 11.5 Å². The molecule has 0 spiro atoms. The zero-order valence-corrected chi connectivity index (χ0v) is 16.9. The van der Waals surface area contributed by atoms with Crippen LogP contribution in [0.3, 0.4) is 0 Å². The molecule has 1 unspecified atom stereocenters. The second-order valence-corrected chi connectivity index (χ2v) is 7.77. The monoisotopic (exact) mass is 431 g/mol. The Morgan fingerprint density at radius 3 is 2.76 bits per heavy atom. The van der Waals surface area contributed by atoms with E-state index in [0.29, 0.717) is 0 Å². The lowest BCUT2D eigenvalue weighted by molar-refractivity contribution is 0.170. The Hall–Kier alpha value is -0.530. The number of rotatable bonds is 3. The molecule has 2 saturated heterocycles. The Morgan fingerprint density at radius 1 is 1.12 bits per heavy atom. The van der Waals surface area contributed by atoms with Crippen molar-refractivity contribution in [1.82, 2.24) is 15.1 Å². The molecule has 0 amide bonds. The molecule has 25 heavy (non-hydrogen) atoms. The summed E-state index contributed by atoms with van der Waals surface area (Å²) in [5.41, 5.74) is 1.30. The molecule has 7 heteroatoms.